The molecule has 0 radical (unpaired) electrons. The molecule has 5 nitrogen and oxygen atoms in total. The Labute approximate surface area is 80.4 Å². The summed E-state index contributed by atoms with van der Waals surface area (Å²) in [5, 5.41) is 1.82. The molecule has 70 valence electrons. The maximum Gasteiger partial charge on any atom is 0.224 e. The van der Waals surface area contributed by atoms with Crippen LogP contribution in [-0.2, 0) is 4.84 Å². The van der Waals surface area contributed by atoms with Crippen LogP contribution in [0.4, 0.5) is 11.5 Å². The molecule has 0 unspecified atom stereocenters. The van der Waals surface area contributed by atoms with Crippen LogP contribution in [0.3, 0.4) is 0 Å². The Morgan fingerprint density at radius 2 is 2.46 bits per heavy atom. The Kier molecular flexibility index (Phi) is 2.20. The van der Waals surface area contributed by atoms with Crippen molar-refractivity contribution >= 4 is 23.1 Å². The number of anilines is 2. The first-order chi connectivity index (χ1) is 6.27. The fourth-order valence-electron chi connectivity index (χ4n) is 1.18. The van der Waals surface area contributed by atoms with Gasteiger partial charge in [-0.2, -0.15) is 4.98 Å². The second-order valence-corrected chi connectivity index (χ2v) is 3.04. The lowest BCUT2D eigenvalue weighted by atomic mass is 10.4. The second-order valence-electron chi connectivity index (χ2n) is 2.71. The topological polar surface area (TPSA) is 64.3 Å². The summed E-state index contributed by atoms with van der Waals surface area (Å²) in [6.07, 6.45) is 2.45. The molecule has 1 saturated heterocycles. The van der Waals surface area contributed by atoms with Gasteiger partial charge in [0.05, 0.1) is 18.5 Å². The molecule has 1 aliphatic rings. The Hall–Kier alpha value is -1.07. The van der Waals surface area contributed by atoms with Gasteiger partial charge in [-0.05, 0) is 18.0 Å². The molecule has 0 amide bonds. The molecular formula is C7H9ClN4O. The van der Waals surface area contributed by atoms with Crippen LogP contribution in [0.15, 0.2) is 6.20 Å². The van der Waals surface area contributed by atoms with Crippen molar-refractivity contribution in [2.75, 3.05) is 23.9 Å². The van der Waals surface area contributed by atoms with E-state index in [1.165, 1.54) is 6.20 Å². The Bertz CT molecular complexity index is 313. The van der Waals surface area contributed by atoms with E-state index in [2.05, 4.69) is 9.97 Å². The third-order valence-electron chi connectivity index (χ3n) is 1.76. The number of hydrogen-bond donors (Lipinski definition) is 1. The Morgan fingerprint density at radius 1 is 1.62 bits per heavy atom. The number of rotatable bonds is 1. The van der Waals surface area contributed by atoms with E-state index in [1.807, 2.05) is 0 Å². The van der Waals surface area contributed by atoms with Crippen molar-refractivity contribution in [3.05, 3.63) is 11.5 Å². The van der Waals surface area contributed by atoms with Gasteiger partial charge in [0.2, 0.25) is 5.28 Å². The predicted molar refractivity (Wildman–Crippen MR) is 49.4 cm³/mol. The summed E-state index contributed by atoms with van der Waals surface area (Å²) in [4.78, 5) is 13.0. The van der Waals surface area contributed by atoms with Gasteiger partial charge in [-0.15, -0.1) is 0 Å². The lowest BCUT2D eigenvalue weighted by molar-refractivity contribution is 0.166. The summed E-state index contributed by atoms with van der Waals surface area (Å²) < 4.78 is 0. The highest BCUT2D eigenvalue weighted by Gasteiger charge is 2.17. The molecule has 0 atom stereocenters. The van der Waals surface area contributed by atoms with E-state index in [1.54, 1.807) is 5.06 Å². The van der Waals surface area contributed by atoms with E-state index in [0.717, 1.165) is 13.0 Å². The van der Waals surface area contributed by atoms with Gasteiger partial charge in [0.1, 0.15) is 0 Å². The molecule has 0 bridgehead atoms. The smallest absolute Gasteiger partial charge is 0.224 e. The van der Waals surface area contributed by atoms with E-state index >= 15 is 0 Å². The number of aromatic nitrogens is 2. The standard InChI is InChI=1S/C7H9ClN4O/c8-7-10-4-5(9)6(11-7)12-2-1-3-13-12/h4H,1-3,9H2. The van der Waals surface area contributed by atoms with Gasteiger partial charge in [0.15, 0.2) is 5.82 Å². The van der Waals surface area contributed by atoms with Crippen LogP contribution in [0.5, 0.6) is 0 Å². The summed E-state index contributed by atoms with van der Waals surface area (Å²) >= 11 is 5.64. The van der Waals surface area contributed by atoms with Gasteiger partial charge >= 0.3 is 0 Å². The number of nitrogens with two attached hydrogens (primary N) is 1. The van der Waals surface area contributed by atoms with Gasteiger partial charge in [-0.1, -0.05) is 0 Å². The minimum atomic E-state index is 0.180. The first kappa shape index (κ1) is 8.52. The third kappa shape index (κ3) is 1.66. The minimum Gasteiger partial charge on any atom is -0.394 e. The van der Waals surface area contributed by atoms with Crippen LogP contribution < -0.4 is 10.8 Å². The average molecular weight is 201 g/mol. The quantitative estimate of drug-likeness (QED) is 0.681. The Morgan fingerprint density at radius 3 is 3.15 bits per heavy atom. The lowest BCUT2D eigenvalue weighted by Gasteiger charge is -2.15. The summed E-state index contributed by atoms with van der Waals surface area (Å²) in [6.45, 7) is 1.48. The van der Waals surface area contributed by atoms with E-state index in [9.17, 15) is 0 Å². The number of halogens is 1. The lowest BCUT2D eigenvalue weighted by Crippen LogP contribution is -2.19. The summed E-state index contributed by atoms with van der Waals surface area (Å²) in [5.41, 5.74) is 6.14. The number of nitrogen functional groups attached to an aromatic ring is 1. The van der Waals surface area contributed by atoms with Crippen LogP contribution in [0.25, 0.3) is 0 Å². The SMILES string of the molecule is Nc1cnc(Cl)nc1N1CCCO1. The molecule has 1 aliphatic heterocycles. The molecule has 0 saturated carbocycles. The van der Waals surface area contributed by atoms with Crippen LogP contribution in [0.1, 0.15) is 6.42 Å². The van der Waals surface area contributed by atoms with Gasteiger partial charge in [-0.3, -0.25) is 4.84 Å². The molecule has 1 aromatic rings. The van der Waals surface area contributed by atoms with Crippen molar-refractivity contribution < 1.29 is 4.84 Å². The maximum absolute atomic E-state index is 5.66. The van der Waals surface area contributed by atoms with E-state index in [0.29, 0.717) is 18.1 Å². The third-order valence-corrected chi connectivity index (χ3v) is 1.94. The van der Waals surface area contributed by atoms with Gasteiger partial charge in [0.25, 0.3) is 0 Å². The van der Waals surface area contributed by atoms with Gasteiger partial charge < -0.3 is 5.73 Å². The molecule has 1 aromatic heterocycles. The van der Waals surface area contributed by atoms with Crippen molar-refractivity contribution in [2.24, 2.45) is 0 Å². The monoisotopic (exact) mass is 200 g/mol. The average Bonchev–Trinajstić information content (AvgIpc) is 2.61. The molecule has 6 heteroatoms. The maximum atomic E-state index is 5.66. The summed E-state index contributed by atoms with van der Waals surface area (Å²) in [7, 11) is 0. The molecule has 0 aliphatic carbocycles. The van der Waals surface area contributed by atoms with E-state index in [4.69, 9.17) is 22.2 Å². The summed E-state index contributed by atoms with van der Waals surface area (Å²) in [5.74, 6) is 0.553. The first-order valence-corrected chi connectivity index (χ1v) is 4.33. The minimum absolute atomic E-state index is 0.180. The van der Waals surface area contributed by atoms with E-state index in [-0.39, 0.29) is 5.28 Å². The highest BCUT2D eigenvalue weighted by molar-refractivity contribution is 6.28. The number of hydroxylamine groups is 1. The first-order valence-electron chi connectivity index (χ1n) is 3.96. The van der Waals surface area contributed by atoms with Crippen LogP contribution in [-0.4, -0.2) is 23.1 Å². The Balaban J connectivity index is 2.32. The molecule has 1 fully saturated rings. The van der Waals surface area contributed by atoms with Crippen molar-refractivity contribution in [2.45, 2.75) is 6.42 Å². The normalized spacial score (nSPS) is 16.5. The largest absolute Gasteiger partial charge is 0.394 e. The van der Waals surface area contributed by atoms with Crippen LogP contribution >= 0.6 is 11.6 Å². The van der Waals surface area contributed by atoms with Crippen molar-refractivity contribution in [1.82, 2.24) is 9.97 Å². The number of hydrogen-bond acceptors (Lipinski definition) is 5. The molecule has 2 N–H and O–H groups in total. The zero-order chi connectivity index (χ0) is 9.26. The van der Waals surface area contributed by atoms with Gasteiger partial charge in [-0.25, -0.2) is 10.0 Å². The highest BCUT2D eigenvalue weighted by Crippen LogP contribution is 2.23. The highest BCUT2D eigenvalue weighted by atomic mass is 35.5. The number of nitrogens with zero attached hydrogens (tertiary/aromatic N) is 3. The molecule has 13 heavy (non-hydrogen) atoms. The zero-order valence-corrected chi connectivity index (χ0v) is 7.66. The molecule has 0 spiro atoms. The molecule has 0 aromatic carbocycles. The van der Waals surface area contributed by atoms with E-state index < -0.39 is 0 Å². The van der Waals surface area contributed by atoms with Crippen LogP contribution in [0, 0.1) is 0 Å². The molecule has 2 heterocycles. The summed E-state index contributed by atoms with van der Waals surface area (Å²) in [6, 6.07) is 0. The van der Waals surface area contributed by atoms with Crippen molar-refractivity contribution in [3.8, 4) is 0 Å². The predicted octanol–water partition coefficient (Wildman–Crippen LogP) is 0.854. The zero-order valence-electron chi connectivity index (χ0n) is 6.90. The van der Waals surface area contributed by atoms with Gasteiger partial charge in [0, 0.05) is 6.54 Å². The fourth-order valence-corrected chi connectivity index (χ4v) is 1.30. The van der Waals surface area contributed by atoms with Crippen molar-refractivity contribution in [3.63, 3.8) is 0 Å². The fraction of sp³-hybridized carbons (Fsp3) is 0.429. The molecule has 2 rings (SSSR count). The van der Waals surface area contributed by atoms with Crippen LogP contribution in [0.2, 0.25) is 5.28 Å². The van der Waals surface area contributed by atoms with Crippen molar-refractivity contribution in [1.29, 1.82) is 0 Å². The second kappa shape index (κ2) is 3.35. The molecular weight excluding hydrogens is 192 g/mol.